The fourth-order valence-electron chi connectivity index (χ4n) is 2.86. The monoisotopic (exact) mass is 276 g/mol. The van der Waals surface area contributed by atoms with Crippen LogP contribution in [0.5, 0.6) is 0 Å². The molecule has 2 heterocycles. The first kappa shape index (κ1) is 13.0. The summed E-state index contributed by atoms with van der Waals surface area (Å²) in [5, 5.41) is 6.50. The van der Waals surface area contributed by atoms with Gasteiger partial charge in [0, 0.05) is 12.6 Å². The second-order valence-corrected chi connectivity index (χ2v) is 6.45. The summed E-state index contributed by atoms with van der Waals surface area (Å²) in [4.78, 5) is 12.4. The van der Waals surface area contributed by atoms with Crippen LogP contribution in [0.1, 0.15) is 29.2 Å². The zero-order chi connectivity index (χ0) is 13.1. The third-order valence-electron chi connectivity index (χ3n) is 3.92. The largest absolute Gasteiger partial charge is 0.353 e. The highest BCUT2D eigenvalue weighted by atomic mass is 32.2. The van der Waals surface area contributed by atoms with Gasteiger partial charge in [-0.3, -0.25) is 4.79 Å². The quantitative estimate of drug-likeness (QED) is 0.886. The number of amides is 1. The average Bonchev–Trinajstić information content (AvgIpc) is 2.97. The molecule has 0 radical (unpaired) electrons. The maximum Gasteiger partial charge on any atom is 0.237 e. The first-order valence-corrected chi connectivity index (χ1v) is 8.10. The molecule has 2 N–H and O–H groups in total. The van der Waals surface area contributed by atoms with Crippen molar-refractivity contribution in [1.82, 2.24) is 10.6 Å². The minimum atomic E-state index is -0.0219. The van der Waals surface area contributed by atoms with Gasteiger partial charge in [-0.2, -0.15) is 0 Å². The molecule has 19 heavy (non-hydrogen) atoms. The van der Waals surface area contributed by atoms with E-state index in [1.54, 1.807) is 11.8 Å². The molecule has 1 aromatic rings. The molecule has 1 fully saturated rings. The van der Waals surface area contributed by atoms with Gasteiger partial charge in [0.2, 0.25) is 5.91 Å². The summed E-state index contributed by atoms with van der Waals surface area (Å²) < 4.78 is 0. The van der Waals surface area contributed by atoms with Gasteiger partial charge in [0.1, 0.15) is 5.25 Å². The van der Waals surface area contributed by atoms with E-state index in [-0.39, 0.29) is 11.2 Å². The number of nitrogens with one attached hydrogen (secondary N) is 2. The highest BCUT2D eigenvalue weighted by Gasteiger charge is 2.27. The number of benzene rings is 1. The second-order valence-electron chi connectivity index (χ2n) is 5.24. The molecule has 0 spiro atoms. The summed E-state index contributed by atoms with van der Waals surface area (Å²) in [6.07, 6.45) is 3.48. The van der Waals surface area contributed by atoms with E-state index in [4.69, 9.17) is 0 Å². The van der Waals surface area contributed by atoms with E-state index in [0.717, 1.165) is 25.3 Å². The molecule has 4 heteroatoms. The molecule has 102 valence electrons. The van der Waals surface area contributed by atoms with Crippen molar-refractivity contribution >= 4 is 17.7 Å². The van der Waals surface area contributed by atoms with Crippen LogP contribution in [-0.4, -0.2) is 30.8 Å². The van der Waals surface area contributed by atoms with Crippen molar-refractivity contribution in [3.8, 4) is 0 Å². The molecule has 0 bridgehead atoms. The zero-order valence-corrected chi connectivity index (χ0v) is 11.8. The minimum absolute atomic E-state index is 0.0219. The maximum atomic E-state index is 12.4. The van der Waals surface area contributed by atoms with Gasteiger partial charge in [-0.25, -0.2) is 0 Å². The summed E-state index contributed by atoms with van der Waals surface area (Å²) in [5.74, 6) is 1.21. The van der Waals surface area contributed by atoms with Crippen LogP contribution >= 0.6 is 11.8 Å². The van der Waals surface area contributed by atoms with E-state index >= 15 is 0 Å². The summed E-state index contributed by atoms with van der Waals surface area (Å²) in [7, 11) is 0. The smallest absolute Gasteiger partial charge is 0.237 e. The lowest BCUT2D eigenvalue weighted by Gasteiger charge is -2.24. The van der Waals surface area contributed by atoms with Crippen molar-refractivity contribution in [3.05, 3.63) is 35.4 Å². The van der Waals surface area contributed by atoms with E-state index in [2.05, 4.69) is 28.8 Å². The molecular formula is C15H20N2OS. The Balaban J connectivity index is 1.64. The third kappa shape index (κ3) is 2.95. The van der Waals surface area contributed by atoms with Crippen LogP contribution in [0, 0.1) is 0 Å². The minimum Gasteiger partial charge on any atom is -0.353 e. The standard InChI is InChI=1S/C15H20N2OS/c18-15(17-10-12-5-3-8-16-12)14-13-6-2-1-4-11(13)7-9-19-14/h1-2,4,6,12,14,16H,3,5,7-10H2,(H,17,18). The van der Waals surface area contributed by atoms with E-state index in [1.165, 1.54) is 24.0 Å². The predicted molar refractivity (Wildman–Crippen MR) is 79.4 cm³/mol. The lowest BCUT2D eigenvalue weighted by atomic mass is 10.0. The van der Waals surface area contributed by atoms with E-state index in [1.807, 2.05) is 6.07 Å². The highest BCUT2D eigenvalue weighted by molar-refractivity contribution is 8.00. The van der Waals surface area contributed by atoms with Crippen LogP contribution in [0.2, 0.25) is 0 Å². The van der Waals surface area contributed by atoms with Crippen LogP contribution in [0.25, 0.3) is 0 Å². The molecule has 2 aliphatic heterocycles. The van der Waals surface area contributed by atoms with Gasteiger partial charge in [0.15, 0.2) is 0 Å². The molecular weight excluding hydrogens is 256 g/mol. The van der Waals surface area contributed by atoms with Crippen molar-refractivity contribution in [2.75, 3.05) is 18.8 Å². The number of aryl methyl sites for hydroxylation is 1. The molecule has 2 atom stereocenters. The van der Waals surface area contributed by atoms with Crippen molar-refractivity contribution < 1.29 is 4.79 Å². The molecule has 1 amide bonds. The van der Waals surface area contributed by atoms with Gasteiger partial charge < -0.3 is 10.6 Å². The summed E-state index contributed by atoms with van der Waals surface area (Å²) in [5.41, 5.74) is 2.54. The lowest BCUT2D eigenvalue weighted by Crippen LogP contribution is -2.39. The maximum absolute atomic E-state index is 12.4. The van der Waals surface area contributed by atoms with Gasteiger partial charge in [0.25, 0.3) is 0 Å². The number of fused-ring (bicyclic) bond motifs is 1. The van der Waals surface area contributed by atoms with Crippen LogP contribution in [0.4, 0.5) is 0 Å². The van der Waals surface area contributed by atoms with Crippen LogP contribution in [-0.2, 0) is 11.2 Å². The van der Waals surface area contributed by atoms with Crippen molar-refractivity contribution in [2.45, 2.75) is 30.6 Å². The molecule has 3 rings (SSSR count). The fourth-order valence-corrected chi connectivity index (χ4v) is 4.08. The molecule has 2 unspecified atom stereocenters. The van der Waals surface area contributed by atoms with E-state index < -0.39 is 0 Å². The van der Waals surface area contributed by atoms with E-state index in [0.29, 0.717) is 6.04 Å². The first-order chi connectivity index (χ1) is 9.34. The molecule has 0 saturated carbocycles. The summed E-state index contributed by atoms with van der Waals surface area (Å²) >= 11 is 1.76. The highest BCUT2D eigenvalue weighted by Crippen LogP contribution is 2.36. The van der Waals surface area contributed by atoms with Crippen molar-refractivity contribution in [1.29, 1.82) is 0 Å². The van der Waals surface area contributed by atoms with E-state index in [9.17, 15) is 4.79 Å². The Kier molecular flexibility index (Phi) is 4.09. The van der Waals surface area contributed by atoms with Gasteiger partial charge >= 0.3 is 0 Å². The Morgan fingerprint density at radius 1 is 1.42 bits per heavy atom. The number of hydrogen-bond donors (Lipinski definition) is 2. The Hall–Kier alpha value is -1.00. The summed E-state index contributed by atoms with van der Waals surface area (Å²) in [6.45, 7) is 1.85. The van der Waals surface area contributed by atoms with Gasteiger partial charge in [-0.15, -0.1) is 11.8 Å². The number of carbonyl (C=O) groups is 1. The SMILES string of the molecule is O=C(NCC1CCCN1)C1SCCc2ccccc21. The molecule has 0 aromatic heterocycles. The number of carbonyl (C=O) groups excluding carboxylic acids is 1. The number of hydrogen-bond acceptors (Lipinski definition) is 3. The Labute approximate surface area is 118 Å². The lowest BCUT2D eigenvalue weighted by molar-refractivity contribution is -0.120. The first-order valence-electron chi connectivity index (χ1n) is 7.05. The average molecular weight is 276 g/mol. The second kappa shape index (κ2) is 5.97. The topological polar surface area (TPSA) is 41.1 Å². The fraction of sp³-hybridized carbons (Fsp3) is 0.533. The normalized spacial score (nSPS) is 25.9. The molecule has 3 nitrogen and oxygen atoms in total. The van der Waals surface area contributed by atoms with Crippen molar-refractivity contribution in [3.63, 3.8) is 0 Å². The molecule has 0 aliphatic carbocycles. The molecule has 1 aromatic carbocycles. The van der Waals surface area contributed by atoms with Crippen LogP contribution < -0.4 is 10.6 Å². The number of rotatable bonds is 3. The Morgan fingerprint density at radius 3 is 3.16 bits per heavy atom. The zero-order valence-electron chi connectivity index (χ0n) is 11.0. The van der Waals surface area contributed by atoms with Crippen molar-refractivity contribution in [2.24, 2.45) is 0 Å². The number of thioether (sulfide) groups is 1. The van der Waals surface area contributed by atoms with Gasteiger partial charge in [-0.05, 0) is 42.7 Å². The van der Waals surface area contributed by atoms with Gasteiger partial charge in [0.05, 0.1) is 0 Å². The Bertz CT molecular complexity index is 457. The third-order valence-corrected chi connectivity index (χ3v) is 5.16. The van der Waals surface area contributed by atoms with Crippen LogP contribution in [0.3, 0.4) is 0 Å². The van der Waals surface area contributed by atoms with Gasteiger partial charge in [-0.1, -0.05) is 24.3 Å². The Morgan fingerprint density at radius 2 is 2.32 bits per heavy atom. The predicted octanol–water partition coefficient (Wildman–Crippen LogP) is 1.89. The molecule has 2 aliphatic rings. The molecule has 1 saturated heterocycles. The van der Waals surface area contributed by atoms with Crippen LogP contribution in [0.15, 0.2) is 24.3 Å². The summed E-state index contributed by atoms with van der Waals surface area (Å²) in [6, 6.07) is 8.80.